The number of carbonyl (C=O) groups excluding carboxylic acids is 2. The molecule has 0 saturated carbocycles. The Kier molecular flexibility index (Phi) is 5.92. The highest BCUT2D eigenvalue weighted by molar-refractivity contribution is 6.09. The first-order valence-corrected chi connectivity index (χ1v) is 10.1. The number of halogens is 1. The van der Waals surface area contributed by atoms with Crippen molar-refractivity contribution in [3.63, 3.8) is 0 Å². The van der Waals surface area contributed by atoms with Crippen LogP contribution in [0.2, 0.25) is 0 Å². The van der Waals surface area contributed by atoms with Crippen molar-refractivity contribution < 1.29 is 14.0 Å². The van der Waals surface area contributed by atoms with E-state index in [4.69, 9.17) is 5.41 Å². The van der Waals surface area contributed by atoms with Gasteiger partial charge < -0.3 is 20.9 Å². The molecule has 0 saturated heterocycles. The van der Waals surface area contributed by atoms with E-state index in [-0.39, 0.29) is 17.6 Å². The molecule has 1 aliphatic heterocycles. The highest BCUT2D eigenvalue weighted by Gasteiger charge is 2.27. The van der Waals surface area contributed by atoms with E-state index in [1.165, 1.54) is 0 Å². The molecule has 2 heterocycles. The Bertz CT molecular complexity index is 1110. The summed E-state index contributed by atoms with van der Waals surface area (Å²) < 4.78 is 12.5. The second kappa shape index (κ2) is 8.95. The van der Waals surface area contributed by atoms with Crippen LogP contribution >= 0.6 is 0 Å². The zero-order chi connectivity index (χ0) is 21.8. The molecule has 1 atom stereocenters. The van der Waals surface area contributed by atoms with Gasteiger partial charge in [-0.15, -0.1) is 0 Å². The van der Waals surface area contributed by atoms with E-state index in [9.17, 15) is 14.0 Å². The Labute approximate surface area is 178 Å². The Morgan fingerprint density at radius 2 is 2.06 bits per heavy atom. The fourth-order valence-corrected chi connectivity index (χ4v) is 3.71. The Morgan fingerprint density at radius 1 is 1.23 bits per heavy atom. The fourth-order valence-electron chi connectivity index (χ4n) is 3.71. The first-order chi connectivity index (χ1) is 15.1. The van der Waals surface area contributed by atoms with Gasteiger partial charge in [0.2, 0.25) is 0 Å². The lowest BCUT2D eigenvalue weighted by Crippen LogP contribution is -2.32. The van der Waals surface area contributed by atoms with Gasteiger partial charge in [-0.25, -0.2) is 9.37 Å². The molecule has 0 aliphatic carbocycles. The highest BCUT2D eigenvalue weighted by Crippen LogP contribution is 2.23. The number of nitrogens with one attached hydrogen (secondary N) is 5. The summed E-state index contributed by atoms with van der Waals surface area (Å²) in [6, 6.07) is 12.4. The summed E-state index contributed by atoms with van der Waals surface area (Å²) in [5.74, 6) is -0.180. The Morgan fingerprint density at radius 3 is 2.87 bits per heavy atom. The number of aromatic nitrogens is 2. The van der Waals surface area contributed by atoms with Crippen molar-refractivity contribution in [2.24, 2.45) is 0 Å². The maximum atomic E-state index is 13.1. The van der Waals surface area contributed by atoms with Gasteiger partial charge in [0.25, 0.3) is 11.8 Å². The van der Waals surface area contributed by atoms with Crippen molar-refractivity contribution in [3.05, 3.63) is 65.0 Å². The number of fused-ring (bicyclic) bond motifs is 2. The summed E-state index contributed by atoms with van der Waals surface area (Å²) in [5.41, 5.74) is 3.17. The lowest BCUT2D eigenvalue weighted by Gasteiger charge is -2.18. The highest BCUT2D eigenvalue weighted by atomic mass is 19.1. The number of nitrogens with zero attached hydrogens (tertiary/aromatic N) is 1. The van der Waals surface area contributed by atoms with E-state index < -0.39 is 12.7 Å². The fraction of sp³-hybridized carbons (Fsp3) is 0.273. The zero-order valence-electron chi connectivity index (χ0n) is 16.8. The van der Waals surface area contributed by atoms with Gasteiger partial charge in [-0.3, -0.25) is 15.0 Å². The van der Waals surface area contributed by atoms with E-state index in [0.717, 1.165) is 16.6 Å². The molecule has 9 heteroatoms. The normalized spacial score (nSPS) is 13.5. The molecular formula is C22H23FN6O2. The smallest absolute Gasteiger partial charge is 0.252 e. The molecule has 2 aromatic carbocycles. The molecule has 1 aromatic heterocycles. The summed E-state index contributed by atoms with van der Waals surface area (Å²) in [7, 11) is 0. The molecule has 3 aromatic rings. The van der Waals surface area contributed by atoms with Gasteiger partial charge in [-0.2, -0.15) is 0 Å². The van der Waals surface area contributed by atoms with Gasteiger partial charge in [0, 0.05) is 13.1 Å². The van der Waals surface area contributed by atoms with Crippen LogP contribution in [0, 0.1) is 5.41 Å². The molecule has 1 aliphatic rings. The molecule has 2 amide bonds. The molecule has 0 unspecified atom stereocenters. The number of rotatable bonds is 8. The van der Waals surface area contributed by atoms with Crippen LogP contribution < -0.4 is 16.0 Å². The number of amidine groups is 1. The van der Waals surface area contributed by atoms with Crippen LogP contribution in [-0.4, -0.2) is 40.8 Å². The standard InChI is InChI=1S/C22H23FN6O2/c23-11-18(24)25-10-4-9-17(20-27-15-7-1-2-8-16(15)28-20)29-21(30)14-6-3-5-13-12-26-22(31)19(13)14/h1-3,5-8,17H,4,9-12H2,(H2,24,25)(H,26,31)(H,27,28)(H,29,30)/t17-/m0/s1. The molecule has 8 nitrogen and oxygen atoms in total. The van der Waals surface area contributed by atoms with E-state index >= 15 is 0 Å². The molecule has 0 radical (unpaired) electrons. The van der Waals surface area contributed by atoms with Crippen LogP contribution in [0.4, 0.5) is 4.39 Å². The lowest BCUT2D eigenvalue weighted by atomic mass is 10.0. The quantitative estimate of drug-likeness (QED) is 0.217. The third-order valence-corrected chi connectivity index (χ3v) is 5.25. The number of hydrogen-bond donors (Lipinski definition) is 5. The van der Waals surface area contributed by atoms with Crippen LogP contribution in [-0.2, 0) is 6.54 Å². The van der Waals surface area contributed by atoms with Gasteiger partial charge in [0.15, 0.2) is 0 Å². The Balaban J connectivity index is 1.55. The average molecular weight is 422 g/mol. The minimum atomic E-state index is -0.842. The van der Waals surface area contributed by atoms with Crippen molar-refractivity contribution in [2.45, 2.75) is 25.4 Å². The van der Waals surface area contributed by atoms with Crippen LogP contribution in [0.25, 0.3) is 11.0 Å². The van der Waals surface area contributed by atoms with E-state index in [1.807, 2.05) is 30.3 Å². The molecular weight excluding hydrogens is 399 g/mol. The number of amides is 2. The molecule has 0 spiro atoms. The van der Waals surface area contributed by atoms with Crippen molar-refractivity contribution in [1.82, 2.24) is 25.9 Å². The van der Waals surface area contributed by atoms with E-state index in [2.05, 4.69) is 25.9 Å². The molecule has 5 N–H and O–H groups in total. The number of hydrogen-bond acceptors (Lipinski definition) is 4. The van der Waals surface area contributed by atoms with Gasteiger partial charge in [-0.1, -0.05) is 24.3 Å². The lowest BCUT2D eigenvalue weighted by molar-refractivity contribution is 0.0912. The van der Waals surface area contributed by atoms with Crippen LogP contribution in [0.1, 0.15) is 51.0 Å². The molecule has 31 heavy (non-hydrogen) atoms. The van der Waals surface area contributed by atoms with Gasteiger partial charge in [0.05, 0.1) is 28.2 Å². The minimum Gasteiger partial charge on any atom is -0.372 e. The number of aromatic amines is 1. The van der Waals surface area contributed by atoms with Crippen LogP contribution in [0.15, 0.2) is 42.5 Å². The number of imidazole rings is 1. The molecule has 0 bridgehead atoms. The average Bonchev–Trinajstić information content (AvgIpc) is 3.39. The summed E-state index contributed by atoms with van der Waals surface area (Å²) in [6.45, 7) is -0.0299. The first kappa shape index (κ1) is 20.5. The van der Waals surface area contributed by atoms with Crippen molar-refractivity contribution in [3.8, 4) is 0 Å². The van der Waals surface area contributed by atoms with Crippen molar-refractivity contribution in [2.75, 3.05) is 13.2 Å². The van der Waals surface area contributed by atoms with Gasteiger partial charge in [-0.05, 0) is 36.6 Å². The first-order valence-electron chi connectivity index (χ1n) is 10.1. The SMILES string of the molecule is N=C(CF)NCCC[C@H](NC(=O)c1cccc2c1C(=O)NC2)c1nc2ccccc2[nH]1. The third-order valence-electron chi connectivity index (χ3n) is 5.25. The monoisotopic (exact) mass is 422 g/mol. The Hall–Kier alpha value is -3.75. The van der Waals surface area contributed by atoms with E-state index in [0.29, 0.717) is 42.9 Å². The predicted molar refractivity (Wildman–Crippen MR) is 115 cm³/mol. The van der Waals surface area contributed by atoms with Crippen LogP contribution in [0.3, 0.4) is 0 Å². The van der Waals surface area contributed by atoms with Crippen LogP contribution in [0.5, 0.6) is 0 Å². The van der Waals surface area contributed by atoms with Gasteiger partial charge >= 0.3 is 0 Å². The molecule has 4 rings (SSSR count). The number of para-hydroxylation sites is 2. The topological polar surface area (TPSA) is 123 Å². The largest absolute Gasteiger partial charge is 0.372 e. The predicted octanol–water partition coefficient (Wildman–Crippen LogP) is 2.59. The summed E-state index contributed by atoms with van der Waals surface area (Å²) in [5, 5.41) is 15.8. The maximum Gasteiger partial charge on any atom is 0.252 e. The number of alkyl halides is 1. The summed E-state index contributed by atoms with van der Waals surface area (Å²) in [4.78, 5) is 33.2. The van der Waals surface area contributed by atoms with Crippen molar-refractivity contribution >= 4 is 28.7 Å². The second-order valence-electron chi connectivity index (χ2n) is 7.37. The number of benzene rings is 2. The minimum absolute atomic E-state index is 0.171. The summed E-state index contributed by atoms with van der Waals surface area (Å²) in [6.07, 6.45) is 1.09. The summed E-state index contributed by atoms with van der Waals surface area (Å²) >= 11 is 0. The van der Waals surface area contributed by atoms with Crippen molar-refractivity contribution in [1.29, 1.82) is 5.41 Å². The molecule has 0 fully saturated rings. The maximum absolute atomic E-state index is 13.1. The third kappa shape index (κ3) is 4.40. The number of H-pyrrole nitrogens is 1. The molecule has 160 valence electrons. The number of carbonyl (C=O) groups is 2. The van der Waals surface area contributed by atoms with E-state index in [1.54, 1.807) is 12.1 Å². The second-order valence-corrected chi connectivity index (χ2v) is 7.37. The zero-order valence-corrected chi connectivity index (χ0v) is 16.8. The van der Waals surface area contributed by atoms with Gasteiger partial charge in [0.1, 0.15) is 18.3 Å².